The van der Waals surface area contributed by atoms with Crippen molar-refractivity contribution < 1.29 is 17.9 Å². The maximum absolute atomic E-state index is 12.5. The number of hydrogen-bond donors (Lipinski definition) is 1. The lowest BCUT2D eigenvalue weighted by Crippen LogP contribution is -2.52. The molecule has 0 saturated heterocycles. The van der Waals surface area contributed by atoms with Crippen molar-refractivity contribution in [3.8, 4) is 5.75 Å². The van der Waals surface area contributed by atoms with Gasteiger partial charge in [0.2, 0.25) is 16.0 Å². The summed E-state index contributed by atoms with van der Waals surface area (Å²) < 4.78 is 31.6. The second-order valence-electron chi connectivity index (χ2n) is 6.22. The van der Waals surface area contributed by atoms with E-state index in [1.807, 2.05) is 19.1 Å². The molecule has 7 nitrogen and oxygen atoms in total. The molecule has 0 unspecified atom stereocenters. The summed E-state index contributed by atoms with van der Waals surface area (Å²) in [5.74, 6) is 0.549. The minimum atomic E-state index is -3.55. The maximum Gasteiger partial charge on any atom is 0.239 e. The van der Waals surface area contributed by atoms with Crippen LogP contribution in [0.3, 0.4) is 0 Å². The Hall–Kier alpha value is -2.09. The van der Waals surface area contributed by atoms with E-state index >= 15 is 0 Å². The molecule has 130 valence electrons. The Kier molecular flexibility index (Phi) is 4.03. The highest BCUT2D eigenvalue weighted by atomic mass is 32.2. The zero-order chi connectivity index (χ0) is 17.5. The second-order valence-corrected chi connectivity index (χ2v) is 8.22. The number of sulfonamides is 1. The van der Waals surface area contributed by atoms with Crippen LogP contribution < -0.4 is 10.5 Å². The van der Waals surface area contributed by atoms with Crippen molar-refractivity contribution in [1.29, 1.82) is 0 Å². The molecule has 0 radical (unpaired) electrons. The molecule has 0 amide bonds. The van der Waals surface area contributed by atoms with Crippen molar-refractivity contribution in [1.82, 2.24) is 4.31 Å². The van der Waals surface area contributed by atoms with E-state index in [1.54, 1.807) is 6.07 Å². The fourth-order valence-corrected chi connectivity index (χ4v) is 4.61. The lowest BCUT2D eigenvalue weighted by Gasteiger charge is -2.40. The third kappa shape index (κ3) is 2.75. The van der Waals surface area contributed by atoms with Crippen LogP contribution in [0.2, 0.25) is 0 Å². The zero-order valence-corrected chi connectivity index (χ0v) is 14.6. The van der Waals surface area contributed by atoms with E-state index in [4.69, 9.17) is 10.5 Å². The first-order chi connectivity index (χ1) is 11.3. The van der Waals surface area contributed by atoms with Gasteiger partial charge in [0.1, 0.15) is 17.1 Å². The highest BCUT2D eigenvalue weighted by molar-refractivity contribution is 7.89. The Morgan fingerprint density at radius 3 is 2.88 bits per heavy atom. The van der Waals surface area contributed by atoms with Crippen molar-refractivity contribution in [2.75, 3.05) is 19.4 Å². The molecule has 2 aliphatic rings. The highest BCUT2D eigenvalue weighted by Gasteiger charge is 2.46. The maximum atomic E-state index is 12.5. The van der Waals surface area contributed by atoms with E-state index < -0.39 is 15.6 Å². The largest absolute Gasteiger partial charge is 0.493 e. The van der Waals surface area contributed by atoms with Gasteiger partial charge in [-0.1, -0.05) is 13.0 Å². The SMILES string of the molecule is CCC(=O)Cc1ccc2c(c1)[C@]1(CCO2)CS(=O)(=O)N(C)C(N)=N1. The summed E-state index contributed by atoms with van der Waals surface area (Å²) >= 11 is 0. The molecular formula is C16H21N3O4S. The van der Waals surface area contributed by atoms with Gasteiger partial charge in [-0.3, -0.25) is 4.79 Å². The lowest BCUT2D eigenvalue weighted by molar-refractivity contribution is -0.118. The van der Waals surface area contributed by atoms with Crippen LogP contribution >= 0.6 is 0 Å². The molecule has 0 aromatic heterocycles. The summed E-state index contributed by atoms with van der Waals surface area (Å²) in [5, 5.41) is 0. The molecule has 24 heavy (non-hydrogen) atoms. The Labute approximate surface area is 141 Å². The topological polar surface area (TPSA) is 102 Å². The molecule has 1 atom stereocenters. The molecule has 1 aromatic carbocycles. The summed E-state index contributed by atoms with van der Waals surface area (Å²) in [6.45, 7) is 2.19. The van der Waals surface area contributed by atoms with Gasteiger partial charge in [-0.05, 0) is 17.7 Å². The Bertz CT molecular complexity index is 819. The average Bonchev–Trinajstić information content (AvgIpc) is 2.53. The number of Topliss-reactive ketones (excluding diaryl/α,β-unsaturated/α-hetero) is 1. The average molecular weight is 351 g/mol. The number of carbonyl (C=O) groups is 1. The minimum absolute atomic E-state index is 0.0239. The molecule has 2 aliphatic heterocycles. The fraction of sp³-hybridized carbons (Fsp3) is 0.500. The molecule has 0 bridgehead atoms. The van der Waals surface area contributed by atoms with Crippen molar-refractivity contribution in [3.05, 3.63) is 29.3 Å². The summed E-state index contributed by atoms with van der Waals surface area (Å²) in [6.07, 6.45) is 1.20. The minimum Gasteiger partial charge on any atom is -0.493 e. The molecule has 3 rings (SSSR count). The predicted octanol–water partition coefficient (Wildman–Crippen LogP) is 0.776. The summed E-state index contributed by atoms with van der Waals surface area (Å²) in [5.41, 5.74) is 6.43. The van der Waals surface area contributed by atoms with E-state index in [2.05, 4.69) is 4.99 Å². The van der Waals surface area contributed by atoms with Crippen molar-refractivity contribution in [3.63, 3.8) is 0 Å². The number of nitrogens with zero attached hydrogens (tertiary/aromatic N) is 2. The van der Waals surface area contributed by atoms with Crippen LogP contribution in [0.15, 0.2) is 23.2 Å². The van der Waals surface area contributed by atoms with Crippen LogP contribution in [0.5, 0.6) is 5.75 Å². The van der Waals surface area contributed by atoms with E-state index in [0.29, 0.717) is 37.2 Å². The number of ketones is 1. The molecular weight excluding hydrogens is 330 g/mol. The van der Waals surface area contributed by atoms with Crippen molar-refractivity contribution in [2.45, 2.75) is 31.7 Å². The number of ether oxygens (including phenoxy) is 1. The van der Waals surface area contributed by atoms with Gasteiger partial charge >= 0.3 is 0 Å². The van der Waals surface area contributed by atoms with Gasteiger partial charge in [0.25, 0.3) is 0 Å². The molecule has 2 heterocycles. The number of rotatable bonds is 3. The zero-order valence-electron chi connectivity index (χ0n) is 13.8. The smallest absolute Gasteiger partial charge is 0.239 e. The Morgan fingerprint density at radius 2 is 2.21 bits per heavy atom. The first kappa shape index (κ1) is 16.8. The number of fused-ring (bicyclic) bond motifs is 2. The normalized spacial score (nSPS) is 24.9. The van der Waals surface area contributed by atoms with Crippen molar-refractivity contribution in [2.24, 2.45) is 10.7 Å². The van der Waals surface area contributed by atoms with Crippen LogP contribution in [0, 0.1) is 0 Å². The molecule has 1 spiro atoms. The molecule has 0 fully saturated rings. The summed E-state index contributed by atoms with van der Waals surface area (Å²) in [7, 11) is -2.15. The third-order valence-electron chi connectivity index (χ3n) is 4.60. The Morgan fingerprint density at radius 1 is 1.46 bits per heavy atom. The number of hydrogen-bond acceptors (Lipinski definition) is 6. The van der Waals surface area contributed by atoms with Gasteiger partial charge in [-0.15, -0.1) is 0 Å². The van der Waals surface area contributed by atoms with Crippen LogP contribution in [0.1, 0.15) is 30.9 Å². The number of guanidine groups is 1. The van der Waals surface area contributed by atoms with E-state index in [1.165, 1.54) is 7.05 Å². The van der Waals surface area contributed by atoms with Gasteiger partial charge in [0.05, 0.1) is 12.4 Å². The predicted molar refractivity (Wildman–Crippen MR) is 90.4 cm³/mol. The van der Waals surface area contributed by atoms with E-state index in [-0.39, 0.29) is 17.5 Å². The molecule has 0 aliphatic carbocycles. The van der Waals surface area contributed by atoms with Gasteiger partial charge in [0.15, 0.2) is 0 Å². The number of carbonyl (C=O) groups excluding carboxylic acids is 1. The molecule has 8 heteroatoms. The van der Waals surface area contributed by atoms with Crippen LogP contribution in [0.25, 0.3) is 0 Å². The number of benzene rings is 1. The van der Waals surface area contributed by atoms with Crippen LogP contribution in [-0.4, -0.2) is 43.9 Å². The number of aliphatic imine (C=N–C) groups is 1. The van der Waals surface area contributed by atoms with Crippen LogP contribution in [-0.2, 0) is 26.8 Å². The molecule has 0 saturated carbocycles. The summed E-state index contributed by atoms with van der Waals surface area (Å²) in [6, 6.07) is 5.45. The number of nitrogens with two attached hydrogens (primary N) is 1. The molecule has 2 N–H and O–H groups in total. The first-order valence-electron chi connectivity index (χ1n) is 7.87. The standard InChI is InChI=1S/C16H21N3O4S/c1-3-12(20)8-11-4-5-14-13(9-11)16(6-7-23-14)10-24(21,22)19(2)15(17)18-16/h4-5,9H,3,6-8,10H2,1-2H3,(H2,17,18)/t16-/m0/s1. The third-order valence-corrected chi connectivity index (χ3v) is 6.47. The van der Waals surface area contributed by atoms with Gasteiger partial charge in [-0.2, -0.15) is 0 Å². The van der Waals surface area contributed by atoms with Gasteiger partial charge in [-0.25, -0.2) is 17.7 Å². The van der Waals surface area contributed by atoms with Gasteiger partial charge in [0, 0.05) is 31.9 Å². The van der Waals surface area contributed by atoms with Crippen molar-refractivity contribution >= 4 is 21.8 Å². The molecule has 1 aromatic rings. The lowest BCUT2D eigenvalue weighted by atomic mass is 9.85. The quantitative estimate of drug-likeness (QED) is 0.867. The highest BCUT2D eigenvalue weighted by Crippen LogP contribution is 2.43. The first-order valence-corrected chi connectivity index (χ1v) is 9.48. The van der Waals surface area contributed by atoms with E-state index in [9.17, 15) is 13.2 Å². The second kappa shape index (κ2) is 5.77. The fourth-order valence-electron chi connectivity index (χ4n) is 3.12. The monoisotopic (exact) mass is 351 g/mol. The van der Waals surface area contributed by atoms with Gasteiger partial charge < -0.3 is 10.5 Å². The Balaban J connectivity index is 2.11. The van der Waals surface area contributed by atoms with Crippen LogP contribution in [0.4, 0.5) is 0 Å². The summed E-state index contributed by atoms with van der Waals surface area (Å²) in [4.78, 5) is 16.2. The van der Waals surface area contributed by atoms with E-state index in [0.717, 1.165) is 9.87 Å².